The van der Waals surface area contributed by atoms with Gasteiger partial charge in [-0.1, -0.05) is 54.6 Å². The molecular formula is C37H37F3N2O4. The molecule has 5 atom stereocenters. The topological polar surface area (TPSA) is 59.1 Å². The summed E-state index contributed by atoms with van der Waals surface area (Å²) in [4.78, 5) is 30.6. The van der Waals surface area contributed by atoms with Crippen LogP contribution in [0.25, 0.3) is 6.08 Å². The van der Waals surface area contributed by atoms with Gasteiger partial charge in [0.25, 0.3) is 0 Å². The Balaban J connectivity index is 1.22. The van der Waals surface area contributed by atoms with Crippen LogP contribution in [0.3, 0.4) is 0 Å². The number of esters is 1. The fourth-order valence-corrected chi connectivity index (χ4v) is 8.86. The van der Waals surface area contributed by atoms with Crippen molar-refractivity contribution in [3.63, 3.8) is 0 Å². The summed E-state index contributed by atoms with van der Waals surface area (Å²) < 4.78 is 53.1. The molecule has 0 N–H and O–H groups in total. The number of ether oxygens (including phenoxy) is 2. The van der Waals surface area contributed by atoms with Crippen molar-refractivity contribution in [1.29, 1.82) is 0 Å². The third kappa shape index (κ3) is 4.82. The number of hydrogen-bond acceptors (Lipinski definition) is 5. The van der Waals surface area contributed by atoms with Crippen LogP contribution in [0.1, 0.15) is 54.0 Å². The van der Waals surface area contributed by atoms with Crippen LogP contribution >= 0.6 is 0 Å². The van der Waals surface area contributed by atoms with Crippen molar-refractivity contribution in [1.82, 2.24) is 9.80 Å². The zero-order chi connectivity index (χ0) is 32.3. The third-order valence-electron chi connectivity index (χ3n) is 10.7. The largest absolute Gasteiger partial charge is 0.487 e. The van der Waals surface area contributed by atoms with Crippen molar-refractivity contribution in [2.45, 2.75) is 74.4 Å². The lowest BCUT2D eigenvalue weighted by Crippen LogP contribution is -2.79. The molecule has 2 aliphatic carbocycles. The second-order valence-electron chi connectivity index (χ2n) is 13.0. The van der Waals surface area contributed by atoms with Gasteiger partial charge in [-0.15, -0.1) is 0 Å². The van der Waals surface area contributed by atoms with Crippen LogP contribution in [-0.4, -0.2) is 65.6 Å². The first kappa shape index (κ1) is 30.5. The molecule has 1 saturated carbocycles. The first-order valence-electron chi connectivity index (χ1n) is 15.9. The Hall–Kier alpha value is -4.11. The van der Waals surface area contributed by atoms with E-state index in [1.807, 2.05) is 30.3 Å². The number of hydrogen-bond donors (Lipinski definition) is 0. The van der Waals surface area contributed by atoms with Gasteiger partial charge in [-0.3, -0.25) is 14.5 Å². The van der Waals surface area contributed by atoms with Crippen molar-refractivity contribution in [2.24, 2.45) is 0 Å². The zero-order valence-electron chi connectivity index (χ0n) is 25.9. The van der Waals surface area contributed by atoms with Crippen molar-refractivity contribution < 1.29 is 32.2 Å². The minimum absolute atomic E-state index is 0.0522. The van der Waals surface area contributed by atoms with E-state index in [-0.39, 0.29) is 24.0 Å². The highest BCUT2D eigenvalue weighted by atomic mass is 19.4. The Morgan fingerprint density at radius 2 is 1.85 bits per heavy atom. The van der Waals surface area contributed by atoms with E-state index in [4.69, 9.17) is 9.47 Å². The molecule has 7 rings (SSSR count). The summed E-state index contributed by atoms with van der Waals surface area (Å²) in [5.41, 5.74) is 1.61. The number of piperidine rings is 1. The van der Waals surface area contributed by atoms with Crippen LogP contribution in [0.5, 0.6) is 5.75 Å². The molecule has 6 nitrogen and oxygen atoms in total. The molecular weight excluding hydrogens is 593 g/mol. The van der Waals surface area contributed by atoms with Gasteiger partial charge in [0.15, 0.2) is 0 Å². The first-order chi connectivity index (χ1) is 22.0. The molecule has 1 amide bonds. The number of likely N-dealkylation sites (N-methyl/N-ethyl adjacent to an activating group) is 1. The summed E-state index contributed by atoms with van der Waals surface area (Å²) in [6, 6.07) is 21.0. The molecule has 0 unspecified atom stereocenters. The predicted octanol–water partition coefficient (Wildman–Crippen LogP) is 6.21. The fourth-order valence-electron chi connectivity index (χ4n) is 8.86. The molecule has 4 aliphatic rings. The second-order valence-corrected chi connectivity index (χ2v) is 13.0. The number of alkyl halides is 3. The normalized spacial score (nSPS) is 28.0. The van der Waals surface area contributed by atoms with Crippen molar-refractivity contribution in [2.75, 3.05) is 20.1 Å². The molecule has 0 radical (unpaired) electrons. The lowest BCUT2D eigenvalue weighted by Gasteiger charge is -2.65. The van der Waals surface area contributed by atoms with E-state index in [1.54, 1.807) is 11.9 Å². The Labute approximate surface area is 266 Å². The van der Waals surface area contributed by atoms with E-state index in [2.05, 4.69) is 23.1 Å². The van der Waals surface area contributed by atoms with Crippen LogP contribution < -0.4 is 4.74 Å². The number of halogens is 3. The van der Waals surface area contributed by atoms with E-state index in [1.165, 1.54) is 42.3 Å². The molecule has 2 heterocycles. The standard InChI is InChI=1S/C37H37F3N2O4/c1-24(43)46-36-18-16-29(41(2)32(44)15-14-26-10-6-12-28(22-26)37(38,39)40)34-35(36)19-21-42(20-17-25-8-4-3-5-9-25)31(36)23-27-11-7-13-30(45-34)33(27)35/h3-15,22,29,31,34H,16-21,23H2,1-2H3/t29-,31+,34-,35-,36+/m0/s1. The third-order valence-corrected chi connectivity index (χ3v) is 10.7. The number of amides is 1. The summed E-state index contributed by atoms with van der Waals surface area (Å²) >= 11 is 0. The summed E-state index contributed by atoms with van der Waals surface area (Å²) in [6.45, 7) is 3.10. The Bertz CT molecular complexity index is 1690. The fraction of sp³-hybridized carbons (Fsp3) is 0.405. The maximum Gasteiger partial charge on any atom is 0.416 e. The summed E-state index contributed by atoms with van der Waals surface area (Å²) in [5.74, 6) is 0.126. The van der Waals surface area contributed by atoms with Crippen molar-refractivity contribution in [3.8, 4) is 5.75 Å². The van der Waals surface area contributed by atoms with E-state index < -0.39 is 28.9 Å². The minimum Gasteiger partial charge on any atom is -0.487 e. The Kier molecular flexibility index (Phi) is 7.50. The number of carbonyl (C=O) groups is 2. The molecule has 3 aromatic carbocycles. The van der Waals surface area contributed by atoms with Crippen LogP contribution in [0.2, 0.25) is 0 Å². The number of likely N-dealkylation sites (tertiary alicyclic amines) is 1. The van der Waals surface area contributed by atoms with Gasteiger partial charge < -0.3 is 14.4 Å². The molecule has 0 aromatic heterocycles. The van der Waals surface area contributed by atoms with E-state index in [0.29, 0.717) is 24.8 Å². The van der Waals surface area contributed by atoms with Gasteiger partial charge in [-0.05, 0) is 79.6 Å². The average Bonchev–Trinajstić information content (AvgIpc) is 3.38. The molecule has 3 aromatic rings. The van der Waals surface area contributed by atoms with E-state index >= 15 is 0 Å². The molecule has 9 heteroatoms. The van der Waals surface area contributed by atoms with Crippen LogP contribution in [0.4, 0.5) is 13.2 Å². The second kappa shape index (κ2) is 11.3. The van der Waals surface area contributed by atoms with Crippen molar-refractivity contribution >= 4 is 18.0 Å². The van der Waals surface area contributed by atoms with Crippen LogP contribution in [0, 0.1) is 0 Å². The lowest BCUT2D eigenvalue weighted by atomic mass is 9.48. The lowest BCUT2D eigenvalue weighted by molar-refractivity contribution is -0.223. The Morgan fingerprint density at radius 3 is 2.61 bits per heavy atom. The smallest absolute Gasteiger partial charge is 0.416 e. The number of benzene rings is 3. The summed E-state index contributed by atoms with van der Waals surface area (Å²) in [6.07, 6.45) is 1.26. The van der Waals surface area contributed by atoms with E-state index in [9.17, 15) is 22.8 Å². The van der Waals surface area contributed by atoms with Crippen LogP contribution in [-0.2, 0) is 38.8 Å². The van der Waals surface area contributed by atoms with Gasteiger partial charge in [0, 0.05) is 32.2 Å². The summed E-state index contributed by atoms with van der Waals surface area (Å²) in [5, 5.41) is 0. The molecule has 46 heavy (non-hydrogen) atoms. The molecule has 2 fully saturated rings. The van der Waals surface area contributed by atoms with Gasteiger partial charge in [-0.25, -0.2) is 0 Å². The monoisotopic (exact) mass is 630 g/mol. The van der Waals surface area contributed by atoms with Gasteiger partial charge in [0.1, 0.15) is 17.5 Å². The highest BCUT2D eigenvalue weighted by molar-refractivity contribution is 5.92. The number of carbonyl (C=O) groups excluding carboxylic acids is 2. The average molecular weight is 631 g/mol. The maximum absolute atomic E-state index is 13.6. The quantitative estimate of drug-likeness (QED) is 0.230. The van der Waals surface area contributed by atoms with Crippen LogP contribution in [0.15, 0.2) is 78.9 Å². The van der Waals surface area contributed by atoms with Gasteiger partial charge in [0.05, 0.1) is 23.1 Å². The highest BCUT2D eigenvalue weighted by Crippen LogP contribution is 2.65. The minimum atomic E-state index is -4.47. The maximum atomic E-state index is 13.6. The number of rotatable bonds is 7. The highest BCUT2D eigenvalue weighted by Gasteiger charge is 2.75. The summed E-state index contributed by atoms with van der Waals surface area (Å²) in [7, 11) is 1.72. The molecule has 1 spiro atoms. The van der Waals surface area contributed by atoms with Gasteiger partial charge >= 0.3 is 12.1 Å². The molecule has 240 valence electrons. The van der Waals surface area contributed by atoms with Gasteiger partial charge in [0.2, 0.25) is 5.91 Å². The zero-order valence-corrected chi connectivity index (χ0v) is 25.9. The molecule has 2 bridgehead atoms. The Morgan fingerprint density at radius 1 is 1.07 bits per heavy atom. The first-order valence-corrected chi connectivity index (χ1v) is 15.9. The predicted molar refractivity (Wildman–Crippen MR) is 167 cm³/mol. The van der Waals surface area contributed by atoms with Crippen molar-refractivity contribution in [3.05, 3.63) is 107 Å². The van der Waals surface area contributed by atoms with E-state index in [0.717, 1.165) is 49.4 Å². The van der Waals surface area contributed by atoms with Gasteiger partial charge in [-0.2, -0.15) is 13.2 Å². The molecule has 2 aliphatic heterocycles. The SMILES string of the molecule is CC(=O)O[C@@]12CC[C@H](N(C)C(=O)C=Cc3cccc(C(F)(F)F)c3)[C@@H]3Oc4cccc5c4[C@@]31CCN(CCc1ccccc1)[C@@H]2C5. The number of nitrogens with zero attached hydrogens (tertiary/aromatic N) is 2. The molecule has 1 saturated heterocycles.